The molecule has 1 unspecified atom stereocenters. The van der Waals surface area contributed by atoms with Crippen molar-refractivity contribution in [3.63, 3.8) is 0 Å². The third kappa shape index (κ3) is 3.05. The van der Waals surface area contributed by atoms with E-state index in [-0.39, 0.29) is 25.6 Å². The monoisotopic (exact) mass is 343 g/mol. The Hall–Kier alpha value is -2.03. The van der Waals surface area contributed by atoms with E-state index < -0.39 is 20.6 Å². The van der Waals surface area contributed by atoms with Crippen molar-refractivity contribution < 1.29 is 22.7 Å². The first-order chi connectivity index (χ1) is 10.6. The molecule has 0 aliphatic carbocycles. The molecule has 0 bridgehead atoms. The molecule has 1 amide bonds. The van der Waals surface area contributed by atoms with E-state index in [1.54, 1.807) is 13.0 Å². The van der Waals surface area contributed by atoms with Gasteiger partial charge in [0, 0.05) is 24.7 Å². The normalized spacial score (nSPS) is 17.0. The van der Waals surface area contributed by atoms with Crippen LogP contribution in [0.5, 0.6) is 0 Å². The second-order valence-corrected chi connectivity index (χ2v) is 8.26. The minimum absolute atomic E-state index is 0.0310. The number of rotatable bonds is 6. The van der Waals surface area contributed by atoms with Gasteiger partial charge in [0.2, 0.25) is 0 Å². The lowest BCUT2D eigenvalue weighted by Gasteiger charge is -2.27. The summed E-state index contributed by atoms with van der Waals surface area (Å²) in [4.78, 5) is 25.8. The summed E-state index contributed by atoms with van der Waals surface area (Å²) in [6.07, 6.45) is 2.50. The van der Waals surface area contributed by atoms with Crippen LogP contribution in [0.1, 0.15) is 26.0 Å². The highest BCUT2D eigenvalue weighted by molar-refractivity contribution is 7.92. The summed E-state index contributed by atoms with van der Waals surface area (Å²) < 4.78 is 28.7. The van der Waals surface area contributed by atoms with Crippen LogP contribution in [0, 0.1) is 0 Å². The van der Waals surface area contributed by atoms with Crippen LogP contribution in [0.3, 0.4) is 0 Å². The third-order valence-corrected chi connectivity index (χ3v) is 6.14. The molecule has 0 saturated heterocycles. The molecule has 23 heavy (non-hydrogen) atoms. The van der Waals surface area contributed by atoms with Gasteiger partial charge in [-0.15, -0.1) is 0 Å². The van der Waals surface area contributed by atoms with E-state index in [1.807, 2.05) is 0 Å². The van der Waals surface area contributed by atoms with E-state index in [1.165, 1.54) is 22.6 Å². The van der Waals surface area contributed by atoms with Gasteiger partial charge in [-0.05, 0) is 26.3 Å². The molecule has 0 fully saturated rings. The van der Waals surface area contributed by atoms with E-state index in [0.29, 0.717) is 12.2 Å². The van der Waals surface area contributed by atoms with Crippen LogP contribution in [-0.2, 0) is 25.9 Å². The van der Waals surface area contributed by atoms with Crippen LogP contribution in [0.4, 0.5) is 10.5 Å². The number of anilines is 1. The number of nitrogens with two attached hydrogens (primary N) is 1. The number of aromatic nitrogens is 1. The number of hydrogen-bond donors (Lipinski definition) is 1. The topological polar surface area (TPSA) is 112 Å². The summed E-state index contributed by atoms with van der Waals surface area (Å²) in [7, 11) is -3.70. The molecule has 2 heterocycles. The number of amides is 1. The quantitative estimate of drug-likeness (QED) is 0.758. The van der Waals surface area contributed by atoms with Crippen molar-refractivity contribution in [2.75, 3.05) is 25.1 Å². The fraction of sp³-hybridized carbons (Fsp3) is 0.571. The zero-order valence-electron chi connectivity index (χ0n) is 13.4. The minimum Gasteiger partial charge on any atom is -0.465 e. The summed E-state index contributed by atoms with van der Waals surface area (Å²) in [5.41, 5.74) is 6.88. The van der Waals surface area contributed by atoms with E-state index in [2.05, 4.69) is 0 Å². The van der Waals surface area contributed by atoms with Crippen molar-refractivity contribution in [3.8, 4) is 0 Å². The molecule has 2 rings (SSSR count). The average Bonchev–Trinajstić information content (AvgIpc) is 2.93. The molecular weight excluding hydrogens is 322 g/mol. The highest BCUT2D eigenvalue weighted by Gasteiger charge is 2.45. The van der Waals surface area contributed by atoms with Gasteiger partial charge in [0.05, 0.1) is 18.8 Å². The van der Waals surface area contributed by atoms with Crippen LogP contribution in [0.15, 0.2) is 12.3 Å². The van der Waals surface area contributed by atoms with Gasteiger partial charge in [0.15, 0.2) is 14.6 Å². The standard InChI is InChI=1S/C14H21N3O5S/c1-4-22-12(18)14(2,23(3,20)21)5-6-16-9-11-7-10(15)8-17(11)13(16)19/h7-8H,4-6,9,15H2,1-3H3. The van der Waals surface area contributed by atoms with E-state index >= 15 is 0 Å². The molecule has 0 radical (unpaired) electrons. The van der Waals surface area contributed by atoms with Gasteiger partial charge in [-0.25, -0.2) is 13.2 Å². The van der Waals surface area contributed by atoms with Gasteiger partial charge in [-0.1, -0.05) is 0 Å². The molecule has 1 aliphatic rings. The van der Waals surface area contributed by atoms with Crippen molar-refractivity contribution in [2.45, 2.75) is 31.6 Å². The fourth-order valence-corrected chi connectivity index (χ4v) is 3.32. The molecule has 9 heteroatoms. The second kappa shape index (κ2) is 5.88. The maximum atomic E-state index is 12.2. The lowest BCUT2D eigenvalue weighted by atomic mass is 10.1. The Kier molecular flexibility index (Phi) is 4.43. The maximum absolute atomic E-state index is 12.2. The Morgan fingerprint density at radius 3 is 2.65 bits per heavy atom. The number of carbonyl (C=O) groups is 2. The molecule has 0 saturated carbocycles. The number of fused-ring (bicyclic) bond motifs is 1. The second-order valence-electron chi connectivity index (χ2n) is 5.81. The molecule has 0 spiro atoms. The fourth-order valence-electron chi connectivity index (χ4n) is 2.49. The van der Waals surface area contributed by atoms with Gasteiger partial charge in [-0.2, -0.15) is 0 Å². The SMILES string of the molecule is CCOC(=O)C(C)(CCN1Cc2cc(N)cn2C1=O)S(C)(=O)=O. The number of nitrogen functional groups attached to an aromatic ring is 1. The van der Waals surface area contributed by atoms with Crippen LogP contribution >= 0.6 is 0 Å². The van der Waals surface area contributed by atoms with Crippen molar-refractivity contribution in [1.29, 1.82) is 0 Å². The highest BCUT2D eigenvalue weighted by Crippen LogP contribution is 2.26. The number of hydrogen-bond acceptors (Lipinski definition) is 6. The summed E-state index contributed by atoms with van der Waals surface area (Å²) >= 11 is 0. The van der Waals surface area contributed by atoms with Gasteiger partial charge in [-0.3, -0.25) is 9.36 Å². The van der Waals surface area contributed by atoms with Crippen molar-refractivity contribution in [2.24, 2.45) is 0 Å². The molecule has 0 aromatic carbocycles. The lowest BCUT2D eigenvalue weighted by Crippen LogP contribution is -2.47. The third-order valence-electron chi connectivity index (χ3n) is 4.13. The van der Waals surface area contributed by atoms with Gasteiger partial charge < -0.3 is 15.4 Å². The van der Waals surface area contributed by atoms with E-state index in [4.69, 9.17) is 10.5 Å². The van der Waals surface area contributed by atoms with Gasteiger partial charge in [0.25, 0.3) is 0 Å². The Morgan fingerprint density at radius 1 is 1.48 bits per heavy atom. The van der Waals surface area contributed by atoms with Crippen molar-refractivity contribution >= 4 is 27.5 Å². The molecule has 2 N–H and O–H groups in total. The van der Waals surface area contributed by atoms with Gasteiger partial charge in [0.1, 0.15) is 0 Å². The summed E-state index contributed by atoms with van der Waals surface area (Å²) in [5, 5.41) is 0. The Labute approximate surface area is 135 Å². The lowest BCUT2D eigenvalue weighted by molar-refractivity contribution is -0.146. The van der Waals surface area contributed by atoms with Gasteiger partial charge >= 0.3 is 12.0 Å². The van der Waals surface area contributed by atoms with Crippen LogP contribution < -0.4 is 5.73 Å². The summed E-state index contributed by atoms with van der Waals surface area (Å²) in [6.45, 7) is 3.50. The molecule has 1 aliphatic heterocycles. The zero-order chi connectivity index (χ0) is 17.4. The molecule has 8 nitrogen and oxygen atoms in total. The smallest absolute Gasteiger partial charge is 0.328 e. The molecular formula is C14H21N3O5S. The number of carbonyl (C=O) groups excluding carboxylic acids is 2. The Bertz CT molecular complexity index is 740. The summed E-state index contributed by atoms with van der Waals surface area (Å²) in [5.74, 6) is -0.794. The Balaban J connectivity index is 2.13. The molecule has 128 valence electrons. The molecule has 1 aromatic rings. The highest BCUT2D eigenvalue weighted by atomic mass is 32.2. The van der Waals surface area contributed by atoms with Crippen LogP contribution in [0.2, 0.25) is 0 Å². The molecule has 1 atom stereocenters. The molecule has 1 aromatic heterocycles. The van der Waals surface area contributed by atoms with Crippen LogP contribution in [0.25, 0.3) is 0 Å². The average molecular weight is 343 g/mol. The number of nitrogens with zero attached hydrogens (tertiary/aromatic N) is 2. The maximum Gasteiger partial charge on any atom is 0.328 e. The van der Waals surface area contributed by atoms with Crippen molar-refractivity contribution in [3.05, 3.63) is 18.0 Å². The minimum atomic E-state index is -3.70. The Morgan fingerprint density at radius 2 is 2.13 bits per heavy atom. The first-order valence-electron chi connectivity index (χ1n) is 7.23. The number of sulfone groups is 1. The van der Waals surface area contributed by atoms with E-state index in [9.17, 15) is 18.0 Å². The van der Waals surface area contributed by atoms with E-state index in [0.717, 1.165) is 11.9 Å². The number of esters is 1. The first-order valence-corrected chi connectivity index (χ1v) is 9.12. The summed E-state index contributed by atoms with van der Waals surface area (Å²) in [6, 6.07) is 1.41. The predicted octanol–water partition coefficient (Wildman–Crippen LogP) is 0.610. The predicted molar refractivity (Wildman–Crippen MR) is 84.5 cm³/mol. The van der Waals surface area contributed by atoms with Crippen molar-refractivity contribution in [1.82, 2.24) is 9.47 Å². The largest absolute Gasteiger partial charge is 0.465 e. The zero-order valence-corrected chi connectivity index (χ0v) is 14.2. The first kappa shape index (κ1) is 17.3. The number of ether oxygens (including phenoxy) is 1. The van der Waals surface area contributed by atoms with Crippen LogP contribution in [-0.4, -0.2) is 54.0 Å².